The summed E-state index contributed by atoms with van der Waals surface area (Å²) in [5.74, 6) is 0.926. The summed E-state index contributed by atoms with van der Waals surface area (Å²) in [4.78, 5) is 20.4. The minimum absolute atomic E-state index is 0.134. The molecular weight excluding hydrogens is 244 g/mol. The standard InChI is InChI=1S/C14H16N2O3/c1-9-6-4-5-7-11(9)14-15-12(10(2)19-14)8-13(17)16-18-3/h4-7H,8H2,1-3H3,(H,16,17). The lowest BCUT2D eigenvalue weighted by atomic mass is 10.1. The molecule has 2 aromatic rings. The molecule has 1 aromatic heterocycles. The number of aromatic nitrogens is 1. The van der Waals surface area contributed by atoms with Crippen LogP contribution in [0.25, 0.3) is 11.5 Å². The molecule has 1 heterocycles. The van der Waals surface area contributed by atoms with E-state index in [4.69, 9.17) is 4.42 Å². The Morgan fingerprint density at radius 1 is 1.37 bits per heavy atom. The Morgan fingerprint density at radius 3 is 2.79 bits per heavy atom. The van der Waals surface area contributed by atoms with Gasteiger partial charge in [0.25, 0.3) is 0 Å². The van der Waals surface area contributed by atoms with E-state index >= 15 is 0 Å². The Morgan fingerprint density at radius 2 is 2.11 bits per heavy atom. The molecule has 0 unspecified atom stereocenters. The summed E-state index contributed by atoms with van der Waals surface area (Å²) < 4.78 is 5.63. The van der Waals surface area contributed by atoms with Gasteiger partial charge in [-0.25, -0.2) is 10.5 Å². The van der Waals surface area contributed by atoms with Gasteiger partial charge in [0, 0.05) is 5.56 Å². The Kier molecular flexibility index (Phi) is 3.97. The summed E-state index contributed by atoms with van der Waals surface area (Å²) in [6.45, 7) is 3.79. The molecule has 0 aliphatic heterocycles. The molecule has 0 aliphatic carbocycles. The molecule has 0 saturated carbocycles. The van der Waals surface area contributed by atoms with Crippen LogP contribution in [0.3, 0.4) is 0 Å². The molecule has 19 heavy (non-hydrogen) atoms. The van der Waals surface area contributed by atoms with Gasteiger partial charge in [-0.1, -0.05) is 18.2 Å². The van der Waals surface area contributed by atoms with Crippen LogP contribution in [0.5, 0.6) is 0 Å². The van der Waals surface area contributed by atoms with Gasteiger partial charge in [0.05, 0.1) is 19.2 Å². The van der Waals surface area contributed by atoms with Crippen molar-refractivity contribution < 1.29 is 14.0 Å². The molecule has 1 aromatic carbocycles. The van der Waals surface area contributed by atoms with Gasteiger partial charge in [-0.3, -0.25) is 9.63 Å². The normalized spacial score (nSPS) is 10.5. The Balaban J connectivity index is 2.26. The highest BCUT2D eigenvalue weighted by atomic mass is 16.6. The minimum Gasteiger partial charge on any atom is -0.441 e. The largest absolute Gasteiger partial charge is 0.441 e. The molecule has 0 atom stereocenters. The first-order valence-corrected chi connectivity index (χ1v) is 5.96. The monoisotopic (exact) mass is 260 g/mol. The molecular formula is C14H16N2O3. The van der Waals surface area contributed by atoms with Crippen LogP contribution in [-0.2, 0) is 16.1 Å². The van der Waals surface area contributed by atoms with Crippen molar-refractivity contribution in [3.05, 3.63) is 41.3 Å². The molecule has 1 amide bonds. The number of rotatable bonds is 4. The Labute approximate surface area is 111 Å². The third-order valence-electron chi connectivity index (χ3n) is 2.81. The van der Waals surface area contributed by atoms with Crippen LogP contribution in [0.2, 0.25) is 0 Å². The van der Waals surface area contributed by atoms with Crippen LogP contribution in [-0.4, -0.2) is 18.0 Å². The third kappa shape index (κ3) is 3.00. The molecule has 0 bridgehead atoms. The number of oxazole rings is 1. The van der Waals surface area contributed by atoms with Gasteiger partial charge in [-0.05, 0) is 25.5 Å². The van der Waals surface area contributed by atoms with Gasteiger partial charge < -0.3 is 4.42 Å². The average Bonchev–Trinajstić information content (AvgIpc) is 2.71. The van der Waals surface area contributed by atoms with Crippen LogP contribution in [0, 0.1) is 13.8 Å². The predicted octanol–water partition coefficient (Wildman–Crippen LogP) is 2.18. The molecule has 0 saturated heterocycles. The lowest BCUT2D eigenvalue weighted by molar-refractivity contribution is -0.130. The van der Waals surface area contributed by atoms with Crippen molar-refractivity contribution in [2.75, 3.05) is 7.11 Å². The van der Waals surface area contributed by atoms with Crippen LogP contribution < -0.4 is 5.48 Å². The third-order valence-corrected chi connectivity index (χ3v) is 2.81. The lowest BCUT2D eigenvalue weighted by Gasteiger charge is -1.99. The number of nitrogens with one attached hydrogen (secondary N) is 1. The van der Waals surface area contributed by atoms with Gasteiger partial charge in [-0.2, -0.15) is 0 Å². The number of hydrogen-bond donors (Lipinski definition) is 1. The van der Waals surface area contributed by atoms with E-state index in [0.717, 1.165) is 11.1 Å². The van der Waals surface area contributed by atoms with Crippen molar-refractivity contribution in [3.63, 3.8) is 0 Å². The molecule has 0 fully saturated rings. The molecule has 2 rings (SSSR count). The van der Waals surface area contributed by atoms with Gasteiger partial charge in [0.2, 0.25) is 11.8 Å². The number of nitrogens with zero attached hydrogens (tertiary/aromatic N) is 1. The lowest BCUT2D eigenvalue weighted by Crippen LogP contribution is -2.24. The Bertz CT molecular complexity index is 590. The average molecular weight is 260 g/mol. The van der Waals surface area contributed by atoms with E-state index in [9.17, 15) is 4.79 Å². The smallest absolute Gasteiger partial charge is 0.249 e. The maximum absolute atomic E-state index is 11.5. The summed E-state index contributed by atoms with van der Waals surface area (Å²) in [5.41, 5.74) is 4.89. The van der Waals surface area contributed by atoms with Crippen molar-refractivity contribution in [1.29, 1.82) is 0 Å². The summed E-state index contributed by atoms with van der Waals surface area (Å²) in [6, 6.07) is 7.83. The zero-order valence-corrected chi connectivity index (χ0v) is 11.2. The van der Waals surface area contributed by atoms with E-state index in [1.54, 1.807) is 6.92 Å². The second-order valence-corrected chi connectivity index (χ2v) is 4.24. The highest BCUT2D eigenvalue weighted by Gasteiger charge is 2.15. The van der Waals surface area contributed by atoms with Crippen molar-refractivity contribution in [1.82, 2.24) is 10.5 Å². The molecule has 5 heteroatoms. The second kappa shape index (κ2) is 5.67. The zero-order chi connectivity index (χ0) is 13.8. The summed E-state index contributed by atoms with van der Waals surface area (Å²) in [7, 11) is 1.40. The van der Waals surface area contributed by atoms with Gasteiger partial charge in [0.1, 0.15) is 5.76 Å². The van der Waals surface area contributed by atoms with Crippen molar-refractivity contribution in [3.8, 4) is 11.5 Å². The molecule has 0 aliphatic rings. The number of amides is 1. The fraction of sp³-hybridized carbons (Fsp3) is 0.286. The van der Waals surface area contributed by atoms with Gasteiger partial charge in [-0.15, -0.1) is 0 Å². The second-order valence-electron chi connectivity index (χ2n) is 4.24. The fourth-order valence-electron chi connectivity index (χ4n) is 1.82. The van der Waals surface area contributed by atoms with Gasteiger partial charge in [0.15, 0.2) is 0 Å². The van der Waals surface area contributed by atoms with Gasteiger partial charge >= 0.3 is 0 Å². The zero-order valence-electron chi connectivity index (χ0n) is 11.2. The highest BCUT2D eigenvalue weighted by molar-refractivity contribution is 5.77. The first kappa shape index (κ1) is 13.3. The van der Waals surface area contributed by atoms with Crippen LogP contribution in [0.1, 0.15) is 17.0 Å². The SMILES string of the molecule is CONC(=O)Cc1nc(-c2ccccc2C)oc1C. The maximum atomic E-state index is 11.5. The molecule has 1 N–H and O–H groups in total. The van der Waals surface area contributed by atoms with E-state index < -0.39 is 0 Å². The molecule has 5 nitrogen and oxygen atoms in total. The first-order valence-electron chi connectivity index (χ1n) is 5.96. The summed E-state index contributed by atoms with van der Waals surface area (Å²) in [5, 5.41) is 0. The predicted molar refractivity (Wildman–Crippen MR) is 70.3 cm³/mol. The number of aryl methyl sites for hydroxylation is 2. The minimum atomic E-state index is -0.254. The van der Waals surface area contributed by atoms with E-state index in [1.165, 1.54) is 7.11 Å². The van der Waals surface area contributed by atoms with Crippen LogP contribution in [0.15, 0.2) is 28.7 Å². The van der Waals surface area contributed by atoms with Crippen molar-refractivity contribution >= 4 is 5.91 Å². The Hall–Kier alpha value is -2.14. The van der Waals surface area contributed by atoms with Crippen LogP contribution in [0.4, 0.5) is 0 Å². The first-order chi connectivity index (χ1) is 9.11. The van der Waals surface area contributed by atoms with Crippen LogP contribution >= 0.6 is 0 Å². The number of hydroxylamine groups is 1. The van der Waals surface area contributed by atoms with E-state index in [-0.39, 0.29) is 12.3 Å². The number of hydrogen-bond acceptors (Lipinski definition) is 4. The van der Waals surface area contributed by atoms with E-state index in [0.29, 0.717) is 17.3 Å². The molecule has 100 valence electrons. The van der Waals surface area contributed by atoms with E-state index in [1.807, 2.05) is 31.2 Å². The maximum Gasteiger partial charge on any atom is 0.249 e. The quantitative estimate of drug-likeness (QED) is 0.856. The number of benzene rings is 1. The van der Waals surface area contributed by atoms with Crippen molar-refractivity contribution in [2.24, 2.45) is 0 Å². The fourth-order valence-corrected chi connectivity index (χ4v) is 1.82. The van der Waals surface area contributed by atoms with Crippen molar-refractivity contribution in [2.45, 2.75) is 20.3 Å². The number of carbonyl (C=O) groups excluding carboxylic acids is 1. The van der Waals surface area contributed by atoms with E-state index in [2.05, 4.69) is 15.3 Å². The highest BCUT2D eigenvalue weighted by Crippen LogP contribution is 2.24. The summed E-state index contributed by atoms with van der Waals surface area (Å²) >= 11 is 0. The topological polar surface area (TPSA) is 64.4 Å². The molecule has 0 spiro atoms. The molecule has 0 radical (unpaired) electrons. The number of carbonyl (C=O) groups is 1. The summed E-state index contributed by atoms with van der Waals surface area (Å²) in [6.07, 6.45) is 0.134.